The van der Waals surface area contributed by atoms with Gasteiger partial charge in [0, 0.05) is 18.8 Å². The molecule has 0 aliphatic rings. The highest BCUT2D eigenvalue weighted by atomic mass is 79.9. The fourth-order valence-corrected chi connectivity index (χ4v) is 2.76. The normalized spacial score (nSPS) is 11.8. The maximum Gasteiger partial charge on any atom is 0.220 e. The van der Waals surface area contributed by atoms with Crippen LogP contribution in [0.25, 0.3) is 0 Å². The predicted octanol–water partition coefficient (Wildman–Crippen LogP) is 3.66. The zero-order valence-corrected chi connectivity index (χ0v) is 14.3. The number of aryl methyl sites for hydroxylation is 1. The molecule has 0 aliphatic heterocycles. The van der Waals surface area contributed by atoms with Crippen molar-refractivity contribution >= 4 is 21.8 Å². The maximum absolute atomic E-state index is 12.0. The van der Waals surface area contributed by atoms with Gasteiger partial charge in [-0.1, -0.05) is 6.07 Å². The van der Waals surface area contributed by atoms with Crippen LogP contribution in [-0.4, -0.2) is 18.0 Å². The van der Waals surface area contributed by atoms with Crippen LogP contribution < -0.4 is 10.1 Å². The van der Waals surface area contributed by atoms with Gasteiger partial charge in [0.05, 0.1) is 17.6 Å². The number of nitrogens with zero attached hydrogens (tertiary/aromatic N) is 1. The van der Waals surface area contributed by atoms with Gasteiger partial charge in [-0.2, -0.15) is 0 Å². The van der Waals surface area contributed by atoms with Crippen molar-refractivity contribution < 1.29 is 9.53 Å². The van der Waals surface area contributed by atoms with E-state index < -0.39 is 0 Å². The van der Waals surface area contributed by atoms with Crippen LogP contribution in [0.3, 0.4) is 0 Å². The van der Waals surface area contributed by atoms with Crippen molar-refractivity contribution in [2.24, 2.45) is 0 Å². The molecule has 2 aromatic rings. The molecule has 1 unspecified atom stereocenters. The summed E-state index contributed by atoms with van der Waals surface area (Å²) in [5, 5.41) is 3.00. The molecule has 0 saturated heterocycles. The molecule has 1 atom stereocenters. The van der Waals surface area contributed by atoms with E-state index in [1.807, 2.05) is 37.3 Å². The molecule has 0 spiro atoms. The van der Waals surface area contributed by atoms with Crippen LogP contribution in [-0.2, 0) is 11.2 Å². The van der Waals surface area contributed by atoms with Crippen molar-refractivity contribution in [1.82, 2.24) is 10.3 Å². The Kier molecular flexibility index (Phi) is 5.95. The van der Waals surface area contributed by atoms with Gasteiger partial charge in [-0.25, -0.2) is 0 Å². The maximum atomic E-state index is 12.0. The van der Waals surface area contributed by atoms with E-state index >= 15 is 0 Å². The van der Waals surface area contributed by atoms with Crippen molar-refractivity contribution in [2.75, 3.05) is 7.11 Å². The molecule has 22 heavy (non-hydrogen) atoms. The third-order valence-corrected chi connectivity index (χ3v) is 4.06. The minimum Gasteiger partial charge on any atom is -0.496 e. The molecule has 0 bridgehead atoms. The number of carbonyl (C=O) groups is 1. The quantitative estimate of drug-likeness (QED) is 0.852. The number of ether oxygens (including phenoxy) is 1. The van der Waals surface area contributed by atoms with Crippen LogP contribution in [0.2, 0.25) is 0 Å². The Morgan fingerprint density at radius 2 is 2.05 bits per heavy atom. The van der Waals surface area contributed by atoms with Gasteiger partial charge >= 0.3 is 0 Å². The minimum atomic E-state index is -0.0156. The predicted molar refractivity (Wildman–Crippen MR) is 89.8 cm³/mol. The molecule has 116 valence electrons. The van der Waals surface area contributed by atoms with Gasteiger partial charge in [0.25, 0.3) is 0 Å². The zero-order valence-electron chi connectivity index (χ0n) is 12.7. The van der Waals surface area contributed by atoms with E-state index in [2.05, 4.69) is 26.2 Å². The first kappa shape index (κ1) is 16.5. The molecule has 1 heterocycles. The second-order valence-corrected chi connectivity index (χ2v) is 5.89. The average Bonchev–Trinajstić information content (AvgIpc) is 2.54. The van der Waals surface area contributed by atoms with Crippen molar-refractivity contribution in [1.29, 1.82) is 0 Å². The number of hydrogen-bond acceptors (Lipinski definition) is 3. The summed E-state index contributed by atoms with van der Waals surface area (Å²) in [6.45, 7) is 1.97. The van der Waals surface area contributed by atoms with E-state index in [4.69, 9.17) is 4.74 Å². The molecular formula is C17H19BrN2O2. The van der Waals surface area contributed by atoms with Gasteiger partial charge in [0.15, 0.2) is 0 Å². The molecule has 0 fully saturated rings. The molecule has 1 aromatic heterocycles. The third-order valence-electron chi connectivity index (χ3n) is 3.44. The average molecular weight is 363 g/mol. The van der Waals surface area contributed by atoms with E-state index in [9.17, 15) is 4.79 Å². The molecule has 2 rings (SSSR count). The highest BCUT2D eigenvalue weighted by molar-refractivity contribution is 9.10. The number of rotatable bonds is 6. The number of aromatic nitrogens is 1. The fourth-order valence-electron chi connectivity index (χ4n) is 2.17. The van der Waals surface area contributed by atoms with Crippen LogP contribution in [0.1, 0.15) is 30.5 Å². The second kappa shape index (κ2) is 7.94. The lowest BCUT2D eigenvalue weighted by atomic mass is 10.1. The number of halogens is 1. The SMILES string of the molecule is COc1ccc(CCC(=O)NC(C)c2ccncc2)cc1Br. The Bertz CT molecular complexity index is 632. The molecule has 0 saturated carbocycles. The molecule has 1 amide bonds. The van der Waals surface area contributed by atoms with Gasteiger partial charge in [-0.15, -0.1) is 0 Å². The lowest BCUT2D eigenvalue weighted by Crippen LogP contribution is -2.26. The van der Waals surface area contributed by atoms with Gasteiger partial charge in [-0.3, -0.25) is 9.78 Å². The van der Waals surface area contributed by atoms with Crippen LogP contribution in [0, 0.1) is 0 Å². The minimum absolute atomic E-state index is 0.0156. The fraction of sp³-hybridized carbons (Fsp3) is 0.294. The summed E-state index contributed by atoms with van der Waals surface area (Å²) in [5.41, 5.74) is 2.15. The van der Waals surface area contributed by atoms with Gasteiger partial charge in [0.1, 0.15) is 5.75 Å². The number of pyridine rings is 1. The summed E-state index contributed by atoms with van der Waals surface area (Å²) in [6, 6.07) is 9.66. The van der Waals surface area contributed by atoms with E-state index in [1.165, 1.54) is 0 Å². The molecule has 0 radical (unpaired) electrons. The lowest BCUT2D eigenvalue weighted by Gasteiger charge is -2.14. The van der Waals surface area contributed by atoms with Crippen LogP contribution >= 0.6 is 15.9 Å². The van der Waals surface area contributed by atoms with Crippen LogP contribution in [0.15, 0.2) is 47.2 Å². The highest BCUT2D eigenvalue weighted by Gasteiger charge is 2.10. The number of methoxy groups -OCH3 is 1. The zero-order chi connectivity index (χ0) is 15.9. The second-order valence-electron chi connectivity index (χ2n) is 5.04. The Hall–Kier alpha value is -1.88. The van der Waals surface area contributed by atoms with E-state index in [0.717, 1.165) is 21.3 Å². The number of benzene rings is 1. The van der Waals surface area contributed by atoms with E-state index in [0.29, 0.717) is 12.8 Å². The molecule has 4 nitrogen and oxygen atoms in total. The largest absolute Gasteiger partial charge is 0.496 e. The Labute approximate surface area is 139 Å². The van der Waals surface area contributed by atoms with Gasteiger partial charge in [0.2, 0.25) is 5.91 Å². The molecular weight excluding hydrogens is 344 g/mol. The molecule has 1 N–H and O–H groups in total. The highest BCUT2D eigenvalue weighted by Crippen LogP contribution is 2.26. The number of nitrogens with one attached hydrogen (secondary N) is 1. The monoisotopic (exact) mass is 362 g/mol. The topological polar surface area (TPSA) is 51.2 Å². The molecule has 1 aromatic carbocycles. The summed E-state index contributed by atoms with van der Waals surface area (Å²) >= 11 is 3.45. The van der Waals surface area contributed by atoms with Gasteiger partial charge in [-0.05, 0) is 64.7 Å². The van der Waals surface area contributed by atoms with Crippen molar-refractivity contribution in [3.63, 3.8) is 0 Å². The number of hydrogen-bond donors (Lipinski definition) is 1. The first-order chi connectivity index (χ1) is 10.6. The van der Waals surface area contributed by atoms with Crippen molar-refractivity contribution in [2.45, 2.75) is 25.8 Å². The smallest absolute Gasteiger partial charge is 0.220 e. The Morgan fingerprint density at radius 3 is 2.68 bits per heavy atom. The Morgan fingerprint density at radius 1 is 1.32 bits per heavy atom. The molecule has 5 heteroatoms. The standard InChI is InChI=1S/C17H19BrN2O2/c1-12(14-7-9-19-10-8-14)20-17(21)6-4-13-3-5-16(22-2)15(18)11-13/h3,5,7-12H,4,6H2,1-2H3,(H,20,21). The van der Waals surface area contributed by atoms with Gasteiger partial charge < -0.3 is 10.1 Å². The summed E-state index contributed by atoms with van der Waals surface area (Å²) in [7, 11) is 1.63. The summed E-state index contributed by atoms with van der Waals surface area (Å²) in [5.74, 6) is 0.829. The summed E-state index contributed by atoms with van der Waals surface area (Å²) in [4.78, 5) is 16.0. The van der Waals surface area contributed by atoms with E-state index in [1.54, 1.807) is 19.5 Å². The summed E-state index contributed by atoms with van der Waals surface area (Å²) in [6.07, 6.45) is 4.60. The first-order valence-electron chi connectivity index (χ1n) is 7.12. The number of carbonyl (C=O) groups excluding carboxylic acids is 1. The van der Waals surface area contributed by atoms with Crippen molar-refractivity contribution in [3.8, 4) is 5.75 Å². The lowest BCUT2D eigenvalue weighted by molar-refractivity contribution is -0.121. The third kappa shape index (κ3) is 4.56. The molecule has 0 aliphatic carbocycles. The van der Waals surface area contributed by atoms with Crippen LogP contribution in [0.5, 0.6) is 5.75 Å². The summed E-state index contributed by atoms with van der Waals surface area (Å²) < 4.78 is 6.10. The van der Waals surface area contributed by atoms with E-state index in [-0.39, 0.29) is 11.9 Å². The Balaban J connectivity index is 1.86. The first-order valence-corrected chi connectivity index (χ1v) is 7.91. The van der Waals surface area contributed by atoms with Crippen LogP contribution in [0.4, 0.5) is 0 Å². The van der Waals surface area contributed by atoms with Crippen molar-refractivity contribution in [3.05, 3.63) is 58.3 Å². The number of amides is 1.